The summed E-state index contributed by atoms with van der Waals surface area (Å²) in [6, 6.07) is 14.0. The van der Waals surface area contributed by atoms with E-state index in [1.54, 1.807) is 25.7 Å². The van der Waals surface area contributed by atoms with Gasteiger partial charge in [0.1, 0.15) is 0 Å². The molecular weight excluding hydrogens is 302 g/mol. The summed E-state index contributed by atoms with van der Waals surface area (Å²) in [6.07, 6.45) is 5.46. The third-order valence-corrected chi connectivity index (χ3v) is 4.10. The summed E-state index contributed by atoms with van der Waals surface area (Å²) in [5.41, 5.74) is 3.08. The highest BCUT2D eigenvalue weighted by Crippen LogP contribution is 2.29. The highest BCUT2D eigenvalue weighted by molar-refractivity contribution is 5.45. The normalized spacial score (nSPS) is 12.1. The van der Waals surface area contributed by atoms with Gasteiger partial charge in [0.15, 0.2) is 11.5 Å². The van der Waals surface area contributed by atoms with Crippen molar-refractivity contribution >= 4 is 0 Å². The van der Waals surface area contributed by atoms with Crippen LogP contribution in [0.1, 0.15) is 24.1 Å². The molecule has 1 heterocycles. The lowest BCUT2D eigenvalue weighted by atomic mass is 10.1. The Bertz CT molecular complexity index is 783. The predicted octanol–water partition coefficient (Wildman–Crippen LogP) is 3.44. The van der Waals surface area contributed by atoms with E-state index in [1.165, 1.54) is 5.56 Å². The van der Waals surface area contributed by atoms with Crippen molar-refractivity contribution in [3.8, 4) is 17.2 Å². The number of ether oxygens (including phenoxy) is 1. The first-order chi connectivity index (χ1) is 11.7. The number of aromatic hydroxyl groups is 1. The summed E-state index contributed by atoms with van der Waals surface area (Å²) >= 11 is 0. The Morgan fingerprint density at radius 2 is 2.00 bits per heavy atom. The van der Waals surface area contributed by atoms with Crippen LogP contribution in [-0.4, -0.2) is 21.8 Å². The maximum Gasteiger partial charge on any atom is 0.162 e. The van der Waals surface area contributed by atoms with Crippen LogP contribution in [-0.2, 0) is 6.54 Å². The highest BCUT2D eigenvalue weighted by Gasteiger charge is 2.10. The molecule has 0 aliphatic rings. The number of nitrogens with zero attached hydrogens (tertiary/aromatic N) is 2. The van der Waals surface area contributed by atoms with Crippen LogP contribution in [0, 0.1) is 0 Å². The zero-order valence-electron chi connectivity index (χ0n) is 13.8. The van der Waals surface area contributed by atoms with Gasteiger partial charge in [-0.05, 0) is 30.7 Å². The van der Waals surface area contributed by atoms with Crippen LogP contribution in [0.15, 0.2) is 61.2 Å². The van der Waals surface area contributed by atoms with Gasteiger partial charge in [-0.1, -0.05) is 24.3 Å². The lowest BCUT2D eigenvalue weighted by molar-refractivity contribution is 0.369. The third-order valence-electron chi connectivity index (χ3n) is 4.10. The number of phenolic OH excluding ortho intramolecular Hbond substituents is 1. The highest BCUT2D eigenvalue weighted by atomic mass is 16.5. The summed E-state index contributed by atoms with van der Waals surface area (Å²) in [4.78, 5) is 4.06. The molecule has 0 amide bonds. The smallest absolute Gasteiger partial charge is 0.162 e. The van der Waals surface area contributed by atoms with Crippen molar-refractivity contribution in [2.75, 3.05) is 7.11 Å². The van der Waals surface area contributed by atoms with Crippen LogP contribution < -0.4 is 10.1 Å². The molecule has 3 aromatic rings. The molecule has 2 aromatic carbocycles. The molecule has 0 spiro atoms. The van der Waals surface area contributed by atoms with Gasteiger partial charge in [-0.15, -0.1) is 0 Å². The molecule has 0 aliphatic carbocycles. The van der Waals surface area contributed by atoms with Gasteiger partial charge in [0, 0.05) is 36.2 Å². The molecule has 0 unspecified atom stereocenters. The number of benzene rings is 2. The van der Waals surface area contributed by atoms with E-state index in [4.69, 9.17) is 4.74 Å². The van der Waals surface area contributed by atoms with Crippen LogP contribution in [0.2, 0.25) is 0 Å². The zero-order valence-corrected chi connectivity index (χ0v) is 13.8. The van der Waals surface area contributed by atoms with Crippen molar-refractivity contribution in [2.45, 2.75) is 19.5 Å². The fourth-order valence-electron chi connectivity index (χ4n) is 2.60. The molecule has 1 atom stereocenters. The second kappa shape index (κ2) is 7.19. The van der Waals surface area contributed by atoms with E-state index < -0.39 is 0 Å². The standard InChI is InChI=1S/C19H21N3O2/c1-14(21-12-16-4-3-5-18(24-2)19(16)23)15-6-8-17(9-7-15)22-11-10-20-13-22/h3-11,13-14,21,23H,12H2,1-2H3/t14-/m1/s1. The number of imidazole rings is 1. The molecule has 0 fully saturated rings. The topological polar surface area (TPSA) is 59.3 Å². The van der Waals surface area contributed by atoms with Gasteiger partial charge in [0.05, 0.1) is 13.4 Å². The maximum absolute atomic E-state index is 10.1. The van der Waals surface area contributed by atoms with Crippen molar-refractivity contribution in [2.24, 2.45) is 0 Å². The first-order valence-electron chi connectivity index (χ1n) is 7.85. The SMILES string of the molecule is COc1cccc(CN[C@H](C)c2ccc(-n3ccnc3)cc2)c1O. The Labute approximate surface area is 141 Å². The van der Waals surface area contributed by atoms with Gasteiger partial charge < -0.3 is 19.7 Å². The number of aromatic nitrogens is 2. The molecule has 2 N–H and O–H groups in total. The Kier molecular flexibility index (Phi) is 4.82. The fourth-order valence-corrected chi connectivity index (χ4v) is 2.60. The molecule has 124 valence electrons. The first kappa shape index (κ1) is 16.1. The maximum atomic E-state index is 10.1. The number of methoxy groups -OCH3 is 1. The van der Waals surface area contributed by atoms with E-state index in [-0.39, 0.29) is 11.8 Å². The van der Waals surface area contributed by atoms with Crippen LogP contribution in [0.25, 0.3) is 5.69 Å². The molecule has 24 heavy (non-hydrogen) atoms. The molecule has 5 nitrogen and oxygen atoms in total. The van der Waals surface area contributed by atoms with E-state index in [0.29, 0.717) is 12.3 Å². The Balaban J connectivity index is 1.66. The molecule has 3 rings (SSSR count). The second-order valence-corrected chi connectivity index (χ2v) is 5.63. The molecule has 0 bridgehead atoms. The zero-order chi connectivity index (χ0) is 16.9. The number of hydrogen-bond donors (Lipinski definition) is 2. The number of rotatable bonds is 6. The molecule has 5 heteroatoms. The van der Waals surface area contributed by atoms with Crippen LogP contribution >= 0.6 is 0 Å². The van der Waals surface area contributed by atoms with Crippen molar-refractivity contribution < 1.29 is 9.84 Å². The Morgan fingerprint density at radius 1 is 1.21 bits per heavy atom. The molecule has 0 radical (unpaired) electrons. The molecule has 0 saturated heterocycles. The molecule has 0 saturated carbocycles. The monoisotopic (exact) mass is 323 g/mol. The summed E-state index contributed by atoms with van der Waals surface area (Å²) < 4.78 is 7.11. The van der Waals surface area contributed by atoms with Gasteiger partial charge in [0.2, 0.25) is 0 Å². The van der Waals surface area contributed by atoms with Gasteiger partial charge in [0.25, 0.3) is 0 Å². The van der Waals surface area contributed by atoms with E-state index in [0.717, 1.165) is 11.3 Å². The average Bonchev–Trinajstić information content (AvgIpc) is 3.15. The summed E-state index contributed by atoms with van der Waals surface area (Å²) in [5, 5.41) is 13.6. The first-order valence-corrected chi connectivity index (χ1v) is 7.85. The minimum atomic E-state index is 0.160. The van der Waals surface area contributed by atoms with Crippen LogP contribution in [0.3, 0.4) is 0 Å². The third kappa shape index (κ3) is 3.41. The quantitative estimate of drug-likeness (QED) is 0.729. The molecule has 1 aromatic heterocycles. The van der Waals surface area contributed by atoms with Crippen molar-refractivity contribution in [1.82, 2.24) is 14.9 Å². The van der Waals surface area contributed by atoms with Gasteiger partial charge in [-0.3, -0.25) is 0 Å². The fraction of sp³-hybridized carbons (Fsp3) is 0.211. The van der Waals surface area contributed by atoms with Gasteiger partial charge >= 0.3 is 0 Å². The second-order valence-electron chi connectivity index (χ2n) is 5.63. The number of nitrogens with one attached hydrogen (secondary N) is 1. The van der Waals surface area contributed by atoms with Gasteiger partial charge in [-0.2, -0.15) is 0 Å². The average molecular weight is 323 g/mol. The van der Waals surface area contributed by atoms with E-state index in [2.05, 4.69) is 41.5 Å². The number of hydrogen-bond acceptors (Lipinski definition) is 4. The number of phenols is 1. The van der Waals surface area contributed by atoms with E-state index >= 15 is 0 Å². The minimum absolute atomic E-state index is 0.160. The number of para-hydroxylation sites is 1. The van der Waals surface area contributed by atoms with Gasteiger partial charge in [-0.25, -0.2) is 4.98 Å². The summed E-state index contributed by atoms with van der Waals surface area (Å²) in [5.74, 6) is 0.682. The molecule has 0 aliphatic heterocycles. The van der Waals surface area contributed by atoms with Crippen LogP contribution in [0.5, 0.6) is 11.5 Å². The summed E-state index contributed by atoms with van der Waals surface area (Å²) in [7, 11) is 1.55. The van der Waals surface area contributed by atoms with Crippen molar-refractivity contribution in [3.05, 3.63) is 72.3 Å². The lowest BCUT2D eigenvalue weighted by Gasteiger charge is -2.16. The van der Waals surface area contributed by atoms with Crippen molar-refractivity contribution in [3.63, 3.8) is 0 Å². The lowest BCUT2D eigenvalue weighted by Crippen LogP contribution is -2.18. The Morgan fingerprint density at radius 3 is 2.67 bits per heavy atom. The minimum Gasteiger partial charge on any atom is -0.504 e. The molecular formula is C19H21N3O2. The van der Waals surface area contributed by atoms with Crippen LogP contribution in [0.4, 0.5) is 0 Å². The largest absolute Gasteiger partial charge is 0.504 e. The van der Waals surface area contributed by atoms with Crippen molar-refractivity contribution in [1.29, 1.82) is 0 Å². The predicted molar refractivity (Wildman–Crippen MR) is 93.5 cm³/mol. The van der Waals surface area contributed by atoms with E-state index in [9.17, 15) is 5.11 Å². The van der Waals surface area contributed by atoms with E-state index in [1.807, 2.05) is 22.9 Å². The Hall–Kier alpha value is -2.79. The summed E-state index contributed by atoms with van der Waals surface area (Å²) in [6.45, 7) is 2.66.